The van der Waals surface area contributed by atoms with Crippen molar-refractivity contribution in [2.75, 3.05) is 0 Å². The summed E-state index contributed by atoms with van der Waals surface area (Å²) in [5, 5.41) is 0. The summed E-state index contributed by atoms with van der Waals surface area (Å²) in [6.07, 6.45) is 0.917. The zero-order valence-electron chi connectivity index (χ0n) is 6.91. The van der Waals surface area contributed by atoms with E-state index in [9.17, 15) is 0 Å². The van der Waals surface area contributed by atoms with Crippen LogP contribution in [0.3, 0.4) is 0 Å². The molecule has 0 saturated heterocycles. The highest BCUT2D eigenvalue weighted by Crippen LogP contribution is 1.93. The van der Waals surface area contributed by atoms with Gasteiger partial charge in [-0.15, -0.1) is 0 Å². The zero-order chi connectivity index (χ0) is 8.85. The molecule has 1 unspecified atom stereocenters. The molecule has 5 nitrogen and oxygen atoms in total. The Labute approximate surface area is 66.4 Å². The topological polar surface area (TPSA) is 103 Å². The second kappa shape index (κ2) is 4.54. The largest absolute Gasteiger partial charge is 0.370 e. The number of nitrogens with two attached hydrogens (primary N) is 3. The van der Waals surface area contributed by atoms with Crippen LogP contribution in [-0.4, -0.2) is 18.0 Å². The average molecular weight is 157 g/mol. The lowest BCUT2D eigenvalue weighted by Crippen LogP contribution is -2.27. The molecule has 0 rings (SSSR count). The van der Waals surface area contributed by atoms with Gasteiger partial charge in [0.05, 0.1) is 6.04 Å². The fourth-order valence-corrected chi connectivity index (χ4v) is 0.478. The molecule has 0 saturated carbocycles. The van der Waals surface area contributed by atoms with Gasteiger partial charge in [0.2, 0.25) is 5.96 Å². The number of nitrogens with zero attached hydrogens (tertiary/aromatic N) is 2. The van der Waals surface area contributed by atoms with Gasteiger partial charge in [-0.05, 0) is 13.3 Å². The zero-order valence-corrected chi connectivity index (χ0v) is 6.91. The number of guanidine groups is 2. The summed E-state index contributed by atoms with van der Waals surface area (Å²) < 4.78 is 0. The molecule has 0 bridgehead atoms. The molecule has 0 spiro atoms. The molecule has 64 valence electrons. The Kier molecular flexibility index (Phi) is 4.02. The molecule has 0 amide bonds. The average Bonchev–Trinajstić information content (AvgIpc) is 1.85. The van der Waals surface area contributed by atoms with Crippen LogP contribution in [0.1, 0.15) is 20.3 Å². The van der Waals surface area contributed by atoms with Crippen molar-refractivity contribution in [3.05, 3.63) is 0 Å². The standard InChI is InChI=1S/C6H15N5/c1-3-4(2)10-6(9)11-5(7)8/h4H,3H2,1-2H3,(H6,7,8,9,10,11). The van der Waals surface area contributed by atoms with E-state index in [0.29, 0.717) is 0 Å². The Morgan fingerprint density at radius 3 is 2.27 bits per heavy atom. The van der Waals surface area contributed by atoms with Gasteiger partial charge in [-0.1, -0.05) is 6.92 Å². The first-order valence-corrected chi connectivity index (χ1v) is 3.49. The molecule has 0 aromatic carbocycles. The van der Waals surface area contributed by atoms with Crippen LogP contribution in [0, 0.1) is 0 Å². The molecule has 6 N–H and O–H groups in total. The Balaban J connectivity index is 4.11. The van der Waals surface area contributed by atoms with E-state index in [0.717, 1.165) is 6.42 Å². The van der Waals surface area contributed by atoms with Gasteiger partial charge in [0.1, 0.15) is 0 Å². The van der Waals surface area contributed by atoms with Crippen molar-refractivity contribution in [1.29, 1.82) is 0 Å². The molecule has 0 radical (unpaired) electrons. The molecule has 0 heterocycles. The van der Waals surface area contributed by atoms with Gasteiger partial charge >= 0.3 is 0 Å². The van der Waals surface area contributed by atoms with Crippen LogP contribution in [0.2, 0.25) is 0 Å². The summed E-state index contributed by atoms with van der Waals surface area (Å²) in [5.74, 6) is 0.0777. The van der Waals surface area contributed by atoms with Gasteiger partial charge < -0.3 is 17.2 Å². The smallest absolute Gasteiger partial charge is 0.218 e. The van der Waals surface area contributed by atoms with Gasteiger partial charge in [-0.25, -0.2) is 4.99 Å². The fourth-order valence-electron chi connectivity index (χ4n) is 0.478. The lowest BCUT2D eigenvalue weighted by atomic mass is 10.3. The van der Waals surface area contributed by atoms with Crippen molar-refractivity contribution in [3.8, 4) is 0 Å². The molecular weight excluding hydrogens is 142 g/mol. The number of hydrogen-bond donors (Lipinski definition) is 3. The predicted octanol–water partition coefficient (Wildman–Crippen LogP) is -0.627. The van der Waals surface area contributed by atoms with Gasteiger partial charge in [-0.3, -0.25) is 0 Å². The lowest BCUT2D eigenvalue weighted by Gasteiger charge is -2.00. The summed E-state index contributed by atoms with van der Waals surface area (Å²) in [6.45, 7) is 3.95. The van der Waals surface area contributed by atoms with Crippen molar-refractivity contribution in [2.45, 2.75) is 26.3 Å². The highest BCUT2D eigenvalue weighted by molar-refractivity contribution is 5.92. The monoisotopic (exact) mass is 157 g/mol. The second-order valence-electron chi connectivity index (χ2n) is 2.28. The van der Waals surface area contributed by atoms with E-state index in [1.807, 2.05) is 13.8 Å². The predicted molar refractivity (Wildman–Crippen MR) is 47.2 cm³/mol. The number of aliphatic imine (C=N–C) groups is 2. The van der Waals surface area contributed by atoms with Crippen LogP contribution >= 0.6 is 0 Å². The third-order valence-electron chi connectivity index (χ3n) is 1.19. The molecule has 1 atom stereocenters. The van der Waals surface area contributed by atoms with Gasteiger partial charge in [0, 0.05) is 0 Å². The minimum Gasteiger partial charge on any atom is -0.370 e. The first-order chi connectivity index (χ1) is 5.06. The summed E-state index contributed by atoms with van der Waals surface area (Å²) in [7, 11) is 0. The molecule has 5 heteroatoms. The molecule has 0 aromatic heterocycles. The number of hydrogen-bond acceptors (Lipinski definition) is 1. The number of rotatable bonds is 2. The molecule has 0 aromatic rings. The second-order valence-corrected chi connectivity index (χ2v) is 2.28. The summed E-state index contributed by atoms with van der Waals surface area (Å²) >= 11 is 0. The van der Waals surface area contributed by atoms with E-state index in [1.54, 1.807) is 0 Å². The van der Waals surface area contributed by atoms with Crippen molar-refractivity contribution < 1.29 is 0 Å². The van der Waals surface area contributed by atoms with E-state index < -0.39 is 0 Å². The van der Waals surface area contributed by atoms with Crippen molar-refractivity contribution in [2.24, 2.45) is 27.2 Å². The van der Waals surface area contributed by atoms with Crippen LogP contribution in [0.15, 0.2) is 9.98 Å². The van der Waals surface area contributed by atoms with Crippen LogP contribution in [-0.2, 0) is 0 Å². The summed E-state index contributed by atoms with van der Waals surface area (Å²) in [6, 6.07) is 0.165. The van der Waals surface area contributed by atoms with Crippen LogP contribution in [0.4, 0.5) is 0 Å². The first-order valence-electron chi connectivity index (χ1n) is 3.49. The first kappa shape index (κ1) is 9.74. The van der Waals surface area contributed by atoms with E-state index in [1.165, 1.54) is 0 Å². The van der Waals surface area contributed by atoms with E-state index in [-0.39, 0.29) is 18.0 Å². The lowest BCUT2D eigenvalue weighted by molar-refractivity contribution is 0.715. The summed E-state index contributed by atoms with van der Waals surface area (Å²) in [4.78, 5) is 7.55. The third kappa shape index (κ3) is 5.20. The maximum Gasteiger partial charge on any atom is 0.218 e. The Bertz CT molecular complexity index is 168. The van der Waals surface area contributed by atoms with Gasteiger partial charge in [0.15, 0.2) is 5.96 Å². The van der Waals surface area contributed by atoms with Gasteiger partial charge in [0.25, 0.3) is 0 Å². The van der Waals surface area contributed by atoms with Crippen LogP contribution in [0.5, 0.6) is 0 Å². The van der Waals surface area contributed by atoms with E-state index in [2.05, 4.69) is 9.98 Å². The fraction of sp³-hybridized carbons (Fsp3) is 0.667. The maximum atomic E-state index is 5.35. The van der Waals surface area contributed by atoms with Gasteiger partial charge in [-0.2, -0.15) is 4.99 Å². The van der Waals surface area contributed by atoms with Crippen molar-refractivity contribution >= 4 is 11.9 Å². The molecular formula is C6H15N5. The molecule has 0 aliphatic carbocycles. The van der Waals surface area contributed by atoms with Crippen molar-refractivity contribution in [1.82, 2.24) is 0 Å². The quantitative estimate of drug-likeness (QED) is 0.367. The van der Waals surface area contributed by atoms with Crippen molar-refractivity contribution in [3.63, 3.8) is 0 Å². The Hall–Kier alpha value is -1.26. The molecule has 0 fully saturated rings. The van der Waals surface area contributed by atoms with Crippen LogP contribution in [0.25, 0.3) is 0 Å². The summed E-state index contributed by atoms with van der Waals surface area (Å²) in [5.41, 5.74) is 15.5. The maximum absolute atomic E-state index is 5.35. The van der Waals surface area contributed by atoms with E-state index >= 15 is 0 Å². The minimum absolute atomic E-state index is 0.0606. The molecule has 0 aliphatic rings. The van der Waals surface area contributed by atoms with Crippen LogP contribution < -0.4 is 17.2 Å². The van der Waals surface area contributed by atoms with E-state index in [4.69, 9.17) is 17.2 Å². The normalized spacial score (nSPS) is 14.2. The Morgan fingerprint density at radius 1 is 1.36 bits per heavy atom. The molecule has 11 heavy (non-hydrogen) atoms. The highest BCUT2D eigenvalue weighted by Gasteiger charge is 1.95. The minimum atomic E-state index is -0.0606. The SMILES string of the molecule is CCC(C)N=C(N)N=C(N)N. The third-order valence-corrected chi connectivity index (χ3v) is 1.19. The Morgan fingerprint density at radius 2 is 1.91 bits per heavy atom. The highest BCUT2D eigenvalue weighted by atomic mass is 15.1. The molecule has 0 aliphatic heterocycles.